The van der Waals surface area contributed by atoms with Gasteiger partial charge in [0.25, 0.3) is 5.91 Å². The van der Waals surface area contributed by atoms with Crippen molar-refractivity contribution in [3.05, 3.63) is 40.8 Å². The molecule has 2 rings (SSSR count). The third-order valence-corrected chi connectivity index (χ3v) is 4.68. The number of nitrogens with one attached hydrogen (secondary N) is 2. The minimum Gasteiger partial charge on any atom is -0.491 e. The van der Waals surface area contributed by atoms with E-state index in [2.05, 4.69) is 10.6 Å². The van der Waals surface area contributed by atoms with Crippen molar-refractivity contribution in [2.75, 3.05) is 10.6 Å². The topological polar surface area (TPSA) is 67.4 Å². The van der Waals surface area contributed by atoms with Gasteiger partial charge in [-0.05, 0) is 56.7 Å². The van der Waals surface area contributed by atoms with Crippen LogP contribution in [-0.2, 0) is 4.79 Å². The summed E-state index contributed by atoms with van der Waals surface area (Å²) < 4.78 is 5.59. The molecule has 1 heterocycles. The second-order valence-corrected chi connectivity index (χ2v) is 8.52. The number of amides is 2. The van der Waals surface area contributed by atoms with Gasteiger partial charge in [-0.25, -0.2) is 0 Å². The van der Waals surface area contributed by atoms with E-state index in [-0.39, 0.29) is 17.9 Å². The van der Waals surface area contributed by atoms with Gasteiger partial charge < -0.3 is 15.4 Å². The lowest BCUT2D eigenvalue weighted by atomic mass is 9.96. The van der Waals surface area contributed by atoms with Crippen LogP contribution in [0.4, 0.5) is 10.7 Å². The lowest BCUT2D eigenvalue weighted by Crippen LogP contribution is -2.27. The molecule has 26 heavy (non-hydrogen) atoms. The average Bonchev–Trinajstić information content (AvgIpc) is 2.88. The van der Waals surface area contributed by atoms with E-state index in [0.29, 0.717) is 15.6 Å². The van der Waals surface area contributed by atoms with Crippen LogP contribution in [0.25, 0.3) is 0 Å². The van der Waals surface area contributed by atoms with Crippen LogP contribution < -0.4 is 15.4 Å². The summed E-state index contributed by atoms with van der Waals surface area (Å²) >= 11 is 1.27. The number of thiophene rings is 1. The van der Waals surface area contributed by atoms with Crippen LogP contribution in [0, 0.1) is 12.3 Å². The van der Waals surface area contributed by atoms with E-state index in [1.165, 1.54) is 11.3 Å². The molecular formula is C20H26N2O3S. The summed E-state index contributed by atoms with van der Waals surface area (Å²) in [7, 11) is 0. The van der Waals surface area contributed by atoms with Crippen LogP contribution in [-0.4, -0.2) is 17.9 Å². The smallest absolute Gasteiger partial charge is 0.266 e. The molecule has 140 valence electrons. The Hall–Kier alpha value is -2.34. The second-order valence-electron chi connectivity index (χ2n) is 7.47. The third kappa shape index (κ3) is 5.33. The van der Waals surface area contributed by atoms with Crippen molar-refractivity contribution < 1.29 is 14.3 Å². The molecule has 2 N–H and O–H groups in total. The minimum atomic E-state index is -0.486. The number of hydrogen-bond donors (Lipinski definition) is 2. The van der Waals surface area contributed by atoms with Gasteiger partial charge in [0.1, 0.15) is 5.75 Å². The van der Waals surface area contributed by atoms with Crippen molar-refractivity contribution >= 4 is 33.8 Å². The molecule has 0 spiro atoms. The lowest BCUT2D eigenvalue weighted by Gasteiger charge is -2.16. The van der Waals surface area contributed by atoms with E-state index in [1.54, 1.807) is 12.1 Å². The first-order chi connectivity index (χ1) is 12.1. The number of carbonyl (C=O) groups excluding carboxylic acids is 2. The van der Waals surface area contributed by atoms with Crippen molar-refractivity contribution in [3.8, 4) is 5.75 Å². The van der Waals surface area contributed by atoms with Gasteiger partial charge in [-0.15, -0.1) is 11.3 Å². The fraction of sp³-hybridized carbons (Fsp3) is 0.400. The normalized spacial score (nSPS) is 11.3. The Bertz CT molecular complexity index is 786. The van der Waals surface area contributed by atoms with Gasteiger partial charge in [0.05, 0.1) is 16.0 Å². The maximum absolute atomic E-state index is 12.5. The molecule has 0 saturated heterocycles. The number of carbonyl (C=O) groups is 2. The van der Waals surface area contributed by atoms with E-state index < -0.39 is 5.41 Å². The Morgan fingerprint density at radius 2 is 1.69 bits per heavy atom. The quantitative estimate of drug-likeness (QED) is 0.767. The molecule has 2 amide bonds. The summed E-state index contributed by atoms with van der Waals surface area (Å²) in [6, 6.07) is 9.09. The maximum Gasteiger partial charge on any atom is 0.266 e. The summed E-state index contributed by atoms with van der Waals surface area (Å²) in [4.78, 5) is 25.2. The highest BCUT2D eigenvalue weighted by atomic mass is 32.1. The van der Waals surface area contributed by atoms with Gasteiger partial charge in [-0.1, -0.05) is 20.8 Å². The molecule has 5 nitrogen and oxygen atoms in total. The molecule has 0 fully saturated rings. The molecule has 0 aliphatic heterocycles. The molecule has 0 radical (unpaired) electrons. The van der Waals surface area contributed by atoms with Gasteiger partial charge in [0.15, 0.2) is 0 Å². The number of hydrogen-bond acceptors (Lipinski definition) is 4. The highest BCUT2D eigenvalue weighted by Gasteiger charge is 2.23. The summed E-state index contributed by atoms with van der Waals surface area (Å²) in [6.07, 6.45) is 0.103. The summed E-state index contributed by atoms with van der Waals surface area (Å²) in [6.45, 7) is 11.3. The molecule has 0 atom stereocenters. The van der Waals surface area contributed by atoms with E-state index in [4.69, 9.17) is 4.74 Å². The van der Waals surface area contributed by atoms with Crippen molar-refractivity contribution in [2.24, 2.45) is 5.41 Å². The molecule has 1 aromatic heterocycles. The van der Waals surface area contributed by atoms with Gasteiger partial charge in [-0.3, -0.25) is 9.59 Å². The highest BCUT2D eigenvalue weighted by molar-refractivity contribution is 7.18. The summed E-state index contributed by atoms with van der Waals surface area (Å²) in [5.41, 5.74) is 1.04. The van der Waals surface area contributed by atoms with E-state index in [1.807, 2.05) is 59.7 Å². The number of aryl methyl sites for hydroxylation is 1. The highest BCUT2D eigenvalue weighted by Crippen LogP contribution is 2.29. The number of ether oxygens (including phenoxy) is 1. The van der Waals surface area contributed by atoms with E-state index in [0.717, 1.165) is 11.3 Å². The molecule has 0 bridgehead atoms. The fourth-order valence-corrected chi connectivity index (χ4v) is 3.11. The fourth-order valence-electron chi connectivity index (χ4n) is 2.15. The first-order valence-corrected chi connectivity index (χ1v) is 9.38. The minimum absolute atomic E-state index is 0.0774. The van der Waals surface area contributed by atoms with Gasteiger partial charge >= 0.3 is 0 Å². The standard InChI is InChI=1S/C20H26N2O3S/c1-12(2)25-15-9-7-14(8-10-15)21-18(23)17-13(3)11-16(26-17)22-19(24)20(4,5)6/h7-12H,1-6H3,(H,21,23)(H,22,24). The van der Waals surface area contributed by atoms with Crippen molar-refractivity contribution in [1.82, 2.24) is 0 Å². The first kappa shape index (κ1) is 20.0. The average molecular weight is 375 g/mol. The van der Waals surface area contributed by atoms with Gasteiger partial charge in [0, 0.05) is 11.1 Å². The number of anilines is 2. The monoisotopic (exact) mass is 374 g/mol. The zero-order chi connectivity index (χ0) is 19.5. The third-order valence-electron chi connectivity index (χ3n) is 3.53. The van der Waals surface area contributed by atoms with Gasteiger partial charge in [0.2, 0.25) is 5.91 Å². The van der Waals surface area contributed by atoms with Crippen LogP contribution >= 0.6 is 11.3 Å². The molecule has 0 saturated carbocycles. The zero-order valence-corrected chi connectivity index (χ0v) is 16.9. The maximum atomic E-state index is 12.5. The number of benzene rings is 1. The van der Waals surface area contributed by atoms with Crippen molar-refractivity contribution in [1.29, 1.82) is 0 Å². The van der Waals surface area contributed by atoms with E-state index >= 15 is 0 Å². The first-order valence-electron chi connectivity index (χ1n) is 8.56. The van der Waals surface area contributed by atoms with Crippen LogP contribution in [0.5, 0.6) is 5.75 Å². The molecule has 0 unspecified atom stereocenters. The largest absolute Gasteiger partial charge is 0.491 e. The number of rotatable bonds is 5. The predicted molar refractivity (Wildman–Crippen MR) is 107 cm³/mol. The van der Waals surface area contributed by atoms with Crippen LogP contribution in [0.3, 0.4) is 0 Å². The van der Waals surface area contributed by atoms with E-state index in [9.17, 15) is 9.59 Å². The summed E-state index contributed by atoms with van der Waals surface area (Å²) in [5.74, 6) is 0.491. The molecule has 6 heteroatoms. The Balaban J connectivity index is 2.07. The zero-order valence-electron chi connectivity index (χ0n) is 16.1. The Morgan fingerprint density at radius 1 is 1.08 bits per heavy atom. The summed E-state index contributed by atoms with van der Waals surface area (Å²) in [5, 5.41) is 6.42. The van der Waals surface area contributed by atoms with Crippen LogP contribution in [0.15, 0.2) is 30.3 Å². The predicted octanol–water partition coefficient (Wildman–Crippen LogP) is 5.08. The van der Waals surface area contributed by atoms with Crippen LogP contribution in [0.1, 0.15) is 49.9 Å². The molecule has 1 aromatic carbocycles. The molecule has 2 aromatic rings. The Labute approximate surface area is 158 Å². The van der Waals surface area contributed by atoms with Crippen molar-refractivity contribution in [2.45, 2.75) is 47.6 Å². The van der Waals surface area contributed by atoms with Crippen molar-refractivity contribution in [3.63, 3.8) is 0 Å². The Morgan fingerprint density at radius 3 is 2.23 bits per heavy atom. The molecule has 0 aliphatic rings. The molecule has 0 aliphatic carbocycles. The Kier molecular flexibility index (Phi) is 6.08. The molecular weight excluding hydrogens is 348 g/mol. The lowest BCUT2D eigenvalue weighted by molar-refractivity contribution is -0.123. The second kappa shape index (κ2) is 7.91. The SMILES string of the molecule is Cc1cc(NC(=O)C(C)(C)C)sc1C(=O)Nc1ccc(OC(C)C)cc1. The van der Waals surface area contributed by atoms with Gasteiger partial charge in [-0.2, -0.15) is 0 Å². The van der Waals surface area contributed by atoms with Crippen LogP contribution in [0.2, 0.25) is 0 Å².